The van der Waals surface area contributed by atoms with Crippen LogP contribution in [0.1, 0.15) is 27.9 Å². The smallest absolute Gasteiger partial charge is 0.255 e. The molecule has 1 heterocycles. The molecule has 0 aromatic heterocycles. The van der Waals surface area contributed by atoms with Crippen molar-refractivity contribution in [2.24, 2.45) is 0 Å². The lowest BCUT2D eigenvalue weighted by molar-refractivity contribution is 0.0180. The number of hydrogen-bond acceptors (Lipinski definition) is 2. The maximum atomic E-state index is 12.5. The standard InChI is InChI=1S/C18H19NO2/c20-18-17-11-5-4-9-16(17)10-6-12-19(18)14-21-13-15-7-2-1-3-8-15/h1-5,7-9,11H,6,10,12-14H2. The van der Waals surface area contributed by atoms with E-state index in [9.17, 15) is 4.79 Å². The zero-order valence-corrected chi connectivity index (χ0v) is 12.0. The Morgan fingerprint density at radius 1 is 1.00 bits per heavy atom. The van der Waals surface area contributed by atoms with Gasteiger partial charge in [0.1, 0.15) is 6.73 Å². The molecular weight excluding hydrogens is 262 g/mol. The minimum Gasteiger partial charge on any atom is -0.356 e. The van der Waals surface area contributed by atoms with Gasteiger partial charge in [-0.2, -0.15) is 0 Å². The van der Waals surface area contributed by atoms with Crippen LogP contribution in [0.4, 0.5) is 0 Å². The molecular formula is C18H19NO2. The summed E-state index contributed by atoms with van der Waals surface area (Å²) in [4.78, 5) is 14.3. The van der Waals surface area contributed by atoms with Crippen LogP contribution in [-0.4, -0.2) is 24.1 Å². The van der Waals surface area contributed by atoms with Crippen molar-refractivity contribution in [3.63, 3.8) is 0 Å². The lowest BCUT2D eigenvalue weighted by atomic mass is 10.0. The summed E-state index contributed by atoms with van der Waals surface area (Å²) in [5.74, 6) is 0.0798. The Kier molecular flexibility index (Phi) is 4.31. The molecule has 1 aliphatic heterocycles. The first-order valence-corrected chi connectivity index (χ1v) is 7.33. The second kappa shape index (κ2) is 6.55. The van der Waals surface area contributed by atoms with E-state index in [1.165, 1.54) is 0 Å². The average molecular weight is 281 g/mol. The van der Waals surface area contributed by atoms with Crippen molar-refractivity contribution < 1.29 is 9.53 Å². The van der Waals surface area contributed by atoms with Crippen LogP contribution in [0, 0.1) is 0 Å². The van der Waals surface area contributed by atoms with Crippen LogP contribution in [0.15, 0.2) is 54.6 Å². The fraction of sp³-hybridized carbons (Fsp3) is 0.278. The van der Waals surface area contributed by atoms with Crippen LogP contribution < -0.4 is 0 Å². The number of nitrogens with zero attached hydrogens (tertiary/aromatic N) is 1. The minimum absolute atomic E-state index is 0.0798. The Labute approximate surface area is 125 Å². The van der Waals surface area contributed by atoms with E-state index in [0.29, 0.717) is 13.3 Å². The van der Waals surface area contributed by atoms with Gasteiger partial charge in [0.25, 0.3) is 5.91 Å². The topological polar surface area (TPSA) is 29.5 Å². The highest BCUT2D eigenvalue weighted by atomic mass is 16.5. The summed E-state index contributed by atoms with van der Waals surface area (Å²) < 4.78 is 5.71. The van der Waals surface area contributed by atoms with Gasteiger partial charge in [0, 0.05) is 12.1 Å². The number of rotatable bonds is 4. The first kappa shape index (κ1) is 13.8. The van der Waals surface area contributed by atoms with E-state index < -0.39 is 0 Å². The second-order valence-electron chi connectivity index (χ2n) is 5.29. The molecule has 0 aliphatic carbocycles. The van der Waals surface area contributed by atoms with E-state index in [1.807, 2.05) is 54.6 Å². The quantitative estimate of drug-likeness (QED) is 0.861. The van der Waals surface area contributed by atoms with Crippen molar-refractivity contribution in [1.29, 1.82) is 0 Å². The zero-order valence-electron chi connectivity index (χ0n) is 12.0. The molecule has 3 nitrogen and oxygen atoms in total. The Balaban J connectivity index is 1.62. The maximum absolute atomic E-state index is 12.5. The molecule has 1 aliphatic rings. The van der Waals surface area contributed by atoms with Gasteiger partial charge in [0.2, 0.25) is 0 Å². The number of ether oxygens (including phenoxy) is 1. The lowest BCUT2D eigenvalue weighted by Gasteiger charge is -2.20. The third-order valence-corrected chi connectivity index (χ3v) is 3.77. The van der Waals surface area contributed by atoms with Gasteiger partial charge in [-0.3, -0.25) is 4.79 Å². The molecule has 0 spiro atoms. The predicted molar refractivity (Wildman–Crippen MR) is 81.9 cm³/mol. The monoisotopic (exact) mass is 281 g/mol. The summed E-state index contributed by atoms with van der Waals surface area (Å²) in [6.07, 6.45) is 1.94. The fourth-order valence-corrected chi connectivity index (χ4v) is 2.65. The molecule has 0 bridgehead atoms. The molecule has 0 unspecified atom stereocenters. The van der Waals surface area contributed by atoms with Crippen LogP contribution in [0.3, 0.4) is 0 Å². The predicted octanol–water partition coefficient (Wildman–Crippen LogP) is 3.25. The van der Waals surface area contributed by atoms with Crippen LogP contribution in [0.25, 0.3) is 0 Å². The van der Waals surface area contributed by atoms with Crippen molar-refractivity contribution in [2.75, 3.05) is 13.3 Å². The van der Waals surface area contributed by atoms with E-state index in [0.717, 1.165) is 36.1 Å². The Hall–Kier alpha value is -2.13. The number of benzene rings is 2. The second-order valence-corrected chi connectivity index (χ2v) is 5.29. The van der Waals surface area contributed by atoms with Gasteiger partial charge < -0.3 is 9.64 Å². The maximum Gasteiger partial charge on any atom is 0.255 e. The van der Waals surface area contributed by atoms with Gasteiger partial charge in [0.05, 0.1) is 6.61 Å². The summed E-state index contributed by atoms with van der Waals surface area (Å²) in [5.41, 5.74) is 3.09. The van der Waals surface area contributed by atoms with Gasteiger partial charge in [0.15, 0.2) is 0 Å². The Bertz CT molecular complexity index is 610. The SMILES string of the molecule is O=C1c2ccccc2CCCN1COCc1ccccc1. The van der Waals surface area contributed by atoms with Crippen molar-refractivity contribution in [2.45, 2.75) is 19.4 Å². The molecule has 21 heavy (non-hydrogen) atoms. The van der Waals surface area contributed by atoms with Gasteiger partial charge >= 0.3 is 0 Å². The number of fused-ring (bicyclic) bond motifs is 1. The number of amides is 1. The van der Waals surface area contributed by atoms with Gasteiger partial charge in [-0.15, -0.1) is 0 Å². The number of hydrogen-bond donors (Lipinski definition) is 0. The van der Waals surface area contributed by atoms with Crippen molar-refractivity contribution in [3.05, 3.63) is 71.3 Å². The molecule has 0 atom stereocenters. The van der Waals surface area contributed by atoms with E-state index in [2.05, 4.69) is 0 Å². The van der Waals surface area contributed by atoms with Crippen LogP contribution in [0.2, 0.25) is 0 Å². The first-order chi connectivity index (χ1) is 10.3. The number of carbonyl (C=O) groups is 1. The summed E-state index contributed by atoms with van der Waals surface area (Å²) in [7, 11) is 0. The fourth-order valence-electron chi connectivity index (χ4n) is 2.65. The third kappa shape index (κ3) is 3.31. The largest absolute Gasteiger partial charge is 0.356 e. The molecule has 3 heteroatoms. The highest BCUT2D eigenvalue weighted by Crippen LogP contribution is 2.18. The Morgan fingerprint density at radius 2 is 1.76 bits per heavy atom. The van der Waals surface area contributed by atoms with Crippen molar-refractivity contribution in [3.8, 4) is 0 Å². The van der Waals surface area contributed by atoms with E-state index in [-0.39, 0.29) is 5.91 Å². The zero-order chi connectivity index (χ0) is 14.5. The van der Waals surface area contributed by atoms with Crippen LogP contribution in [0.5, 0.6) is 0 Å². The van der Waals surface area contributed by atoms with Crippen molar-refractivity contribution in [1.82, 2.24) is 4.90 Å². The average Bonchev–Trinajstić information content (AvgIpc) is 2.69. The van der Waals surface area contributed by atoms with Gasteiger partial charge in [-0.05, 0) is 30.0 Å². The molecule has 0 N–H and O–H groups in total. The van der Waals surface area contributed by atoms with E-state index in [1.54, 1.807) is 4.90 Å². The number of aryl methyl sites for hydroxylation is 1. The first-order valence-electron chi connectivity index (χ1n) is 7.33. The Morgan fingerprint density at radius 3 is 2.62 bits per heavy atom. The summed E-state index contributed by atoms with van der Waals surface area (Å²) in [5, 5.41) is 0. The molecule has 2 aromatic carbocycles. The molecule has 0 fully saturated rings. The molecule has 2 aromatic rings. The van der Waals surface area contributed by atoms with E-state index in [4.69, 9.17) is 4.74 Å². The van der Waals surface area contributed by atoms with Crippen LogP contribution >= 0.6 is 0 Å². The molecule has 0 saturated heterocycles. The summed E-state index contributed by atoms with van der Waals surface area (Å²) >= 11 is 0. The van der Waals surface area contributed by atoms with Crippen LogP contribution in [-0.2, 0) is 17.8 Å². The highest BCUT2D eigenvalue weighted by molar-refractivity contribution is 5.96. The van der Waals surface area contributed by atoms with Gasteiger partial charge in [-0.25, -0.2) is 0 Å². The molecule has 3 rings (SSSR count). The van der Waals surface area contributed by atoms with E-state index >= 15 is 0 Å². The van der Waals surface area contributed by atoms with Gasteiger partial charge in [-0.1, -0.05) is 48.5 Å². The minimum atomic E-state index is 0.0798. The normalized spacial score (nSPS) is 14.7. The summed E-state index contributed by atoms with van der Waals surface area (Å²) in [6.45, 7) is 1.64. The lowest BCUT2D eigenvalue weighted by Crippen LogP contribution is -2.33. The highest BCUT2D eigenvalue weighted by Gasteiger charge is 2.21. The van der Waals surface area contributed by atoms with Crippen molar-refractivity contribution >= 4 is 5.91 Å². The molecule has 0 saturated carbocycles. The molecule has 1 amide bonds. The third-order valence-electron chi connectivity index (χ3n) is 3.77. The molecule has 0 radical (unpaired) electrons. The summed E-state index contributed by atoms with van der Waals surface area (Å²) in [6, 6.07) is 17.9. The number of carbonyl (C=O) groups excluding carboxylic acids is 1. The molecule has 108 valence electrons.